The summed E-state index contributed by atoms with van der Waals surface area (Å²) in [5, 5.41) is 22.3. The van der Waals surface area contributed by atoms with Gasteiger partial charge in [0, 0.05) is 12.8 Å². The first kappa shape index (κ1) is 37.3. The molecule has 230 valence electrons. The van der Waals surface area contributed by atoms with E-state index in [9.17, 15) is 19.2 Å². The lowest BCUT2D eigenvalue weighted by Gasteiger charge is -2.17. The maximum atomic E-state index is 12.3. The molecule has 2 unspecified atom stereocenters. The molecule has 0 bridgehead atoms. The summed E-state index contributed by atoms with van der Waals surface area (Å²) in [6.45, 7) is 3.19. The van der Waals surface area contributed by atoms with Crippen LogP contribution in [-0.2, 0) is 23.9 Å². The number of ether oxygens (including phenoxy) is 1. The number of esters is 1. The van der Waals surface area contributed by atoms with Crippen LogP contribution < -0.4 is 10.6 Å². The molecule has 0 aromatic rings. The number of nitrogens with one attached hydrogen (secondary N) is 2. The fraction of sp³-hybridized carbons (Fsp3) is 0.742. The average molecular weight is 567 g/mol. The third kappa shape index (κ3) is 23.2. The molecule has 0 aliphatic heterocycles. The first-order valence-electron chi connectivity index (χ1n) is 15.2. The van der Waals surface area contributed by atoms with Gasteiger partial charge >= 0.3 is 11.9 Å². The van der Waals surface area contributed by atoms with E-state index in [1.165, 1.54) is 19.3 Å². The van der Waals surface area contributed by atoms with Crippen LogP contribution in [0.25, 0.3) is 0 Å². The number of amides is 2. The van der Waals surface area contributed by atoms with Crippen LogP contribution in [0.5, 0.6) is 0 Å². The summed E-state index contributed by atoms with van der Waals surface area (Å²) in [6, 6.07) is -1.39. The second-order valence-electron chi connectivity index (χ2n) is 10.2. The molecule has 0 aromatic heterocycles. The molecule has 0 heterocycles. The Bertz CT molecular complexity index is 752. The Balaban J connectivity index is 3.89. The summed E-state index contributed by atoms with van der Waals surface area (Å²) in [6.07, 6.45) is 24.3. The lowest BCUT2D eigenvalue weighted by molar-refractivity contribution is -0.150. The first-order chi connectivity index (χ1) is 19.3. The minimum absolute atomic E-state index is 0.0904. The van der Waals surface area contributed by atoms with E-state index in [1.807, 2.05) is 0 Å². The van der Waals surface area contributed by atoms with Crippen molar-refractivity contribution in [1.29, 1.82) is 0 Å². The van der Waals surface area contributed by atoms with Crippen molar-refractivity contribution >= 4 is 23.8 Å². The first-order valence-corrected chi connectivity index (χ1v) is 15.2. The van der Waals surface area contributed by atoms with Gasteiger partial charge in [-0.1, -0.05) is 76.7 Å². The van der Waals surface area contributed by atoms with Gasteiger partial charge in [-0.15, -0.1) is 0 Å². The van der Waals surface area contributed by atoms with E-state index in [-0.39, 0.29) is 30.9 Å². The number of aliphatic hydroxyl groups excluding tert-OH is 1. The zero-order chi connectivity index (χ0) is 29.8. The van der Waals surface area contributed by atoms with Gasteiger partial charge < -0.3 is 25.6 Å². The van der Waals surface area contributed by atoms with Gasteiger partial charge in [0.05, 0.1) is 13.2 Å². The zero-order valence-corrected chi connectivity index (χ0v) is 24.8. The minimum Gasteiger partial charge on any atom is -0.480 e. The maximum absolute atomic E-state index is 12.3. The van der Waals surface area contributed by atoms with E-state index in [1.54, 1.807) is 0 Å². The van der Waals surface area contributed by atoms with Crippen molar-refractivity contribution in [3.63, 3.8) is 0 Å². The van der Waals surface area contributed by atoms with Crippen LogP contribution in [0.4, 0.5) is 0 Å². The highest BCUT2D eigenvalue weighted by atomic mass is 16.5. The predicted octanol–water partition coefficient (Wildman–Crippen LogP) is 5.36. The van der Waals surface area contributed by atoms with Crippen molar-refractivity contribution in [2.75, 3.05) is 13.2 Å². The molecule has 2 atom stereocenters. The molecule has 0 saturated heterocycles. The van der Waals surface area contributed by atoms with Gasteiger partial charge in [0.2, 0.25) is 11.8 Å². The molecule has 40 heavy (non-hydrogen) atoms. The van der Waals surface area contributed by atoms with Crippen molar-refractivity contribution in [2.24, 2.45) is 0 Å². The van der Waals surface area contributed by atoms with Crippen LogP contribution in [0.15, 0.2) is 24.3 Å². The number of carbonyl (C=O) groups excluding carboxylic acids is 3. The van der Waals surface area contributed by atoms with Gasteiger partial charge in [-0.25, -0.2) is 4.79 Å². The molecular formula is C31H54N2O7. The minimum atomic E-state index is -1.39. The van der Waals surface area contributed by atoms with Crippen LogP contribution >= 0.6 is 0 Å². The summed E-state index contributed by atoms with van der Waals surface area (Å²) in [4.78, 5) is 46.7. The molecule has 0 saturated carbocycles. The van der Waals surface area contributed by atoms with E-state index < -0.39 is 24.5 Å². The van der Waals surface area contributed by atoms with E-state index in [4.69, 9.17) is 14.9 Å². The van der Waals surface area contributed by atoms with Gasteiger partial charge in [-0.2, -0.15) is 0 Å². The molecule has 0 aliphatic rings. The Hall–Kier alpha value is -2.68. The molecule has 0 aliphatic carbocycles. The van der Waals surface area contributed by atoms with Gasteiger partial charge in [0.15, 0.2) is 0 Å². The number of carbonyl (C=O) groups is 4. The number of carboxylic acid groups (broad SMARTS) is 1. The van der Waals surface area contributed by atoms with Gasteiger partial charge in [-0.05, 0) is 57.8 Å². The second kappa shape index (κ2) is 26.5. The molecule has 2 amide bonds. The number of carboxylic acids is 1. The van der Waals surface area contributed by atoms with E-state index in [0.29, 0.717) is 12.8 Å². The van der Waals surface area contributed by atoms with Crippen LogP contribution in [-0.4, -0.2) is 59.3 Å². The molecule has 0 radical (unpaired) electrons. The van der Waals surface area contributed by atoms with Gasteiger partial charge in [-0.3, -0.25) is 14.4 Å². The fourth-order valence-electron chi connectivity index (χ4n) is 4.10. The average Bonchev–Trinajstić information content (AvgIpc) is 2.92. The van der Waals surface area contributed by atoms with Gasteiger partial charge in [0.1, 0.15) is 12.1 Å². The van der Waals surface area contributed by atoms with Crippen LogP contribution in [0.2, 0.25) is 0 Å². The maximum Gasteiger partial charge on any atom is 0.328 e. The van der Waals surface area contributed by atoms with Crippen molar-refractivity contribution in [1.82, 2.24) is 10.6 Å². The molecule has 4 N–H and O–H groups in total. The zero-order valence-electron chi connectivity index (χ0n) is 24.8. The summed E-state index contributed by atoms with van der Waals surface area (Å²) in [5.41, 5.74) is 0. The van der Waals surface area contributed by atoms with Crippen molar-refractivity contribution in [3.05, 3.63) is 24.3 Å². The number of hydrogen-bond acceptors (Lipinski definition) is 6. The van der Waals surface area contributed by atoms with Crippen molar-refractivity contribution in [3.8, 4) is 0 Å². The topological polar surface area (TPSA) is 142 Å². The van der Waals surface area contributed by atoms with Gasteiger partial charge in [0.25, 0.3) is 0 Å². The number of rotatable bonds is 26. The van der Waals surface area contributed by atoms with E-state index in [0.717, 1.165) is 70.6 Å². The lowest BCUT2D eigenvalue weighted by Crippen LogP contribution is -2.47. The Morgan fingerprint density at radius 1 is 0.750 bits per heavy atom. The van der Waals surface area contributed by atoms with Crippen molar-refractivity contribution in [2.45, 2.75) is 135 Å². The Kier molecular flexibility index (Phi) is 24.8. The highest BCUT2D eigenvalue weighted by molar-refractivity contribution is 5.87. The van der Waals surface area contributed by atoms with Crippen LogP contribution in [0.1, 0.15) is 123 Å². The molecule has 0 spiro atoms. The molecule has 9 nitrogen and oxygen atoms in total. The molecule has 9 heteroatoms. The van der Waals surface area contributed by atoms with Crippen LogP contribution in [0.3, 0.4) is 0 Å². The van der Waals surface area contributed by atoms with Crippen LogP contribution in [0, 0.1) is 0 Å². The third-order valence-corrected chi connectivity index (χ3v) is 6.41. The number of aliphatic hydroxyl groups is 1. The van der Waals surface area contributed by atoms with E-state index >= 15 is 0 Å². The Morgan fingerprint density at radius 2 is 1.40 bits per heavy atom. The SMILES string of the molecule is CCC/C=C\C/C=C\CCCCCCCC(=O)OC(CCC)CCCCCC(=O)NCC(=O)NC(CO)C(=O)O. The molecule has 0 aromatic carbocycles. The largest absolute Gasteiger partial charge is 0.480 e. The highest BCUT2D eigenvalue weighted by Crippen LogP contribution is 2.15. The molecule has 0 fully saturated rings. The summed E-state index contributed by atoms with van der Waals surface area (Å²) >= 11 is 0. The molecule has 0 rings (SSSR count). The number of hydrogen-bond donors (Lipinski definition) is 4. The number of allylic oxidation sites excluding steroid dienone is 4. The Labute approximate surface area is 241 Å². The monoisotopic (exact) mass is 566 g/mol. The normalized spacial score (nSPS) is 12.9. The highest BCUT2D eigenvalue weighted by Gasteiger charge is 2.19. The van der Waals surface area contributed by atoms with Crippen molar-refractivity contribution < 1.29 is 34.1 Å². The standard InChI is InChI=1S/C31H54N2O7/c1-3-5-6-7-8-9-10-11-12-13-14-15-19-23-30(37)40-26(20-4-2)21-17-16-18-22-28(35)32-24-29(36)33-27(25-34)31(38)39/h6-7,9-10,26-27,34H,3-5,8,11-25H2,1-2H3,(H,32,35)(H,33,36)(H,38,39)/b7-6-,10-9-. The lowest BCUT2D eigenvalue weighted by atomic mass is 10.1. The fourth-order valence-corrected chi connectivity index (χ4v) is 4.10. The quantitative estimate of drug-likeness (QED) is 0.0627. The summed E-state index contributed by atoms with van der Waals surface area (Å²) in [7, 11) is 0. The second-order valence-corrected chi connectivity index (χ2v) is 10.2. The Morgan fingerprint density at radius 3 is 2.08 bits per heavy atom. The summed E-state index contributed by atoms with van der Waals surface area (Å²) < 4.78 is 5.71. The molecular weight excluding hydrogens is 512 g/mol. The number of unbranched alkanes of at least 4 members (excludes halogenated alkanes) is 8. The number of aliphatic carboxylic acids is 1. The predicted molar refractivity (Wildman–Crippen MR) is 158 cm³/mol. The van der Waals surface area contributed by atoms with E-state index in [2.05, 4.69) is 48.8 Å². The third-order valence-electron chi connectivity index (χ3n) is 6.41. The summed E-state index contributed by atoms with van der Waals surface area (Å²) in [5.74, 6) is -2.44. The smallest absolute Gasteiger partial charge is 0.328 e.